The molecular formula is C15H15N3O. The van der Waals surface area contributed by atoms with E-state index >= 15 is 0 Å². The van der Waals surface area contributed by atoms with E-state index in [-0.39, 0.29) is 6.04 Å². The van der Waals surface area contributed by atoms with Gasteiger partial charge >= 0.3 is 0 Å². The summed E-state index contributed by atoms with van der Waals surface area (Å²) < 4.78 is 5.20. The largest absolute Gasteiger partial charge is 0.497 e. The minimum Gasteiger partial charge on any atom is -0.497 e. The van der Waals surface area contributed by atoms with Crippen molar-refractivity contribution in [3.8, 4) is 5.75 Å². The fourth-order valence-electron chi connectivity index (χ4n) is 2.10. The number of imidazole rings is 1. The molecule has 0 aliphatic carbocycles. The summed E-state index contributed by atoms with van der Waals surface area (Å²) >= 11 is 0. The van der Waals surface area contributed by atoms with Crippen LogP contribution in [0.1, 0.15) is 17.4 Å². The van der Waals surface area contributed by atoms with Gasteiger partial charge in [-0.2, -0.15) is 0 Å². The molecule has 3 rings (SSSR count). The van der Waals surface area contributed by atoms with Crippen LogP contribution in [0.2, 0.25) is 0 Å². The number of nitrogens with zero attached hydrogens (tertiary/aromatic N) is 1. The minimum atomic E-state index is -0.250. The lowest BCUT2D eigenvalue weighted by Crippen LogP contribution is -2.13. The third kappa shape index (κ3) is 2.18. The van der Waals surface area contributed by atoms with Gasteiger partial charge in [0.15, 0.2) is 0 Å². The van der Waals surface area contributed by atoms with Gasteiger partial charge in [0.1, 0.15) is 11.6 Å². The molecule has 3 N–H and O–H groups in total. The molecule has 0 aliphatic heterocycles. The second-order valence-corrected chi connectivity index (χ2v) is 4.39. The lowest BCUT2D eigenvalue weighted by atomic mass is 10.1. The SMILES string of the molecule is COc1ccc2nc(C(N)c3ccccc3)[nH]c2c1. The molecule has 1 atom stereocenters. The number of fused-ring (bicyclic) bond motifs is 1. The molecule has 3 aromatic rings. The molecule has 0 radical (unpaired) electrons. The van der Waals surface area contributed by atoms with Crippen molar-refractivity contribution in [3.05, 3.63) is 59.9 Å². The molecule has 1 aromatic heterocycles. The summed E-state index contributed by atoms with van der Waals surface area (Å²) in [5, 5.41) is 0. The Morgan fingerprint density at radius 1 is 1.16 bits per heavy atom. The van der Waals surface area contributed by atoms with Crippen LogP contribution in [-0.2, 0) is 0 Å². The van der Waals surface area contributed by atoms with Gasteiger partial charge in [-0.3, -0.25) is 0 Å². The summed E-state index contributed by atoms with van der Waals surface area (Å²) in [4.78, 5) is 7.78. The highest BCUT2D eigenvalue weighted by molar-refractivity contribution is 5.77. The molecule has 0 bridgehead atoms. The molecule has 0 fully saturated rings. The maximum Gasteiger partial charge on any atom is 0.128 e. The Labute approximate surface area is 111 Å². The standard InChI is InChI=1S/C15H15N3O/c1-19-11-7-8-12-13(9-11)18-15(17-12)14(16)10-5-3-2-4-6-10/h2-9,14H,16H2,1H3,(H,17,18). The Morgan fingerprint density at radius 2 is 1.95 bits per heavy atom. The van der Waals surface area contributed by atoms with Crippen LogP contribution in [0.3, 0.4) is 0 Å². The normalized spacial score (nSPS) is 12.5. The van der Waals surface area contributed by atoms with E-state index in [2.05, 4.69) is 9.97 Å². The lowest BCUT2D eigenvalue weighted by Gasteiger charge is -2.08. The minimum absolute atomic E-state index is 0.250. The predicted molar refractivity (Wildman–Crippen MR) is 75.1 cm³/mol. The summed E-state index contributed by atoms with van der Waals surface area (Å²) in [6, 6.07) is 15.4. The summed E-state index contributed by atoms with van der Waals surface area (Å²) in [7, 11) is 1.65. The third-order valence-electron chi connectivity index (χ3n) is 3.16. The number of nitrogens with two attached hydrogens (primary N) is 1. The lowest BCUT2D eigenvalue weighted by molar-refractivity contribution is 0.415. The smallest absolute Gasteiger partial charge is 0.128 e. The van der Waals surface area contributed by atoms with E-state index in [4.69, 9.17) is 10.5 Å². The number of nitrogens with one attached hydrogen (secondary N) is 1. The van der Waals surface area contributed by atoms with Gasteiger partial charge in [-0.1, -0.05) is 30.3 Å². The molecule has 0 spiro atoms. The maximum atomic E-state index is 6.23. The van der Waals surface area contributed by atoms with Crippen molar-refractivity contribution in [2.45, 2.75) is 6.04 Å². The number of ether oxygens (including phenoxy) is 1. The number of aromatic amines is 1. The van der Waals surface area contributed by atoms with Crippen molar-refractivity contribution >= 4 is 11.0 Å². The first kappa shape index (κ1) is 11.7. The van der Waals surface area contributed by atoms with E-state index in [0.717, 1.165) is 28.2 Å². The first-order valence-electron chi connectivity index (χ1n) is 6.12. The van der Waals surface area contributed by atoms with Crippen LogP contribution in [-0.4, -0.2) is 17.1 Å². The molecule has 96 valence electrons. The van der Waals surface area contributed by atoms with Crippen molar-refractivity contribution in [3.63, 3.8) is 0 Å². The number of H-pyrrole nitrogens is 1. The fourth-order valence-corrected chi connectivity index (χ4v) is 2.10. The molecule has 0 saturated carbocycles. The molecule has 2 aromatic carbocycles. The van der Waals surface area contributed by atoms with Crippen LogP contribution < -0.4 is 10.5 Å². The molecule has 0 amide bonds. The highest BCUT2D eigenvalue weighted by Crippen LogP contribution is 2.23. The number of benzene rings is 2. The van der Waals surface area contributed by atoms with Gasteiger partial charge in [-0.05, 0) is 17.7 Å². The summed E-state index contributed by atoms with van der Waals surface area (Å²) in [6.45, 7) is 0. The zero-order chi connectivity index (χ0) is 13.2. The van der Waals surface area contributed by atoms with E-state index in [1.807, 2.05) is 48.5 Å². The number of hydrogen-bond donors (Lipinski definition) is 2. The van der Waals surface area contributed by atoms with Crippen molar-refractivity contribution in [1.29, 1.82) is 0 Å². The summed E-state index contributed by atoms with van der Waals surface area (Å²) in [6.07, 6.45) is 0. The first-order valence-corrected chi connectivity index (χ1v) is 6.12. The predicted octanol–water partition coefficient (Wildman–Crippen LogP) is 2.62. The monoisotopic (exact) mass is 253 g/mol. The molecule has 0 saturated heterocycles. The van der Waals surface area contributed by atoms with Gasteiger partial charge in [-0.25, -0.2) is 4.98 Å². The van der Waals surface area contributed by atoms with E-state index in [1.54, 1.807) is 7.11 Å². The Hall–Kier alpha value is -2.33. The highest BCUT2D eigenvalue weighted by Gasteiger charge is 2.13. The molecular weight excluding hydrogens is 238 g/mol. The average molecular weight is 253 g/mol. The van der Waals surface area contributed by atoms with Gasteiger partial charge in [0, 0.05) is 6.07 Å². The topological polar surface area (TPSA) is 63.9 Å². The second-order valence-electron chi connectivity index (χ2n) is 4.39. The van der Waals surface area contributed by atoms with Gasteiger partial charge in [0.05, 0.1) is 24.2 Å². The van der Waals surface area contributed by atoms with Crippen LogP contribution >= 0.6 is 0 Å². The Bertz CT molecular complexity index is 691. The zero-order valence-corrected chi connectivity index (χ0v) is 10.6. The maximum absolute atomic E-state index is 6.23. The van der Waals surface area contributed by atoms with E-state index < -0.39 is 0 Å². The number of methoxy groups -OCH3 is 1. The number of hydrogen-bond acceptors (Lipinski definition) is 3. The van der Waals surface area contributed by atoms with E-state index in [0.29, 0.717) is 0 Å². The van der Waals surface area contributed by atoms with Crippen LogP contribution in [0, 0.1) is 0 Å². The quantitative estimate of drug-likeness (QED) is 0.754. The first-order chi connectivity index (χ1) is 9.28. The van der Waals surface area contributed by atoms with Crippen molar-refractivity contribution < 1.29 is 4.74 Å². The molecule has 1 unspecified atom stereocenters. The van der Waals surface area contributed by atoms with Gasteiger partial charge in [0.2, 0.25) is 0 Å². The molecule has 4 heteroatoms. The zero-order valence-electron chi connectivity index (χ0n) is 10.6. The Kier molecular flexibility index (Phi) is 2.93. The highest BCUT2D eigenvalue weighted by atomic mass is 16.5. The molecule has 4 nitrogen and oxygen atoms in total. The van der Waals surface area contributed by atoms with Crippen LogP contribution in [0.15, 0.2) is 48.5 Å². The molecule has 0 aliphatic rings. The average Bonchev–Trinajstić information content (AvgIpc) is 2.90. The molecule has 1 heterocycles. The van der Waals surface area contributed by atoms with Crippen molar-refractivity contribution in [1.82, 2.24) is 9.97 Å². The fraction of sp³-hybridized carbons (Fsp3) is 0.133. The molecule has 19 heavy (non-hydrogen) atoms. The number of rotatable bonds is 3. The van der Waals surface area contributed by atoms with Crippen LogP contribution in [0.25, 0.3) is 11.0 Å². The third-order valence-corrected chi connectivity index (χ3v) is 3.16. The van der Waals surface area contributed by atoms with E-state index in [9.17, 15) is 0 Å². The van der Waals surface area contributed by atoms with E-state index in [1.165, 1.54) is 0 Å². The summed E-state index contributed by atoms with van der Waals surface area (Å²) in [5.41, 5.74) is 9.08. The van der Waals surface area contributed by atoms with Crippen molar-refractivity contribution in [2.24, 2.45) is 5.73 Å². The van der Waals surface area contributed by atoms with Gasteiger partial charge < -0.3 is 15.5 Å². The summed E-state index contributed by atoms with van der Waals surface area (Å²) in [5.74, 6) is 1.56. The van der Waals surface area contributed by atoms with Gasteiger partial charge in [-0.15, -0.1) is 0 Å². The Morgan fingerprint density at radius 3 is 2.68 bits per heavy atom. The van der Waals surface area contributed by atoms with Crippen LogP contribution in [0.5, 0.6) is 5.75 Å². The van der Waals surface area contributed by atoms with Gasteiger partial charge in [0.25, 0.3) is 0 Å². The van der Waals surface area contributed by atoms with Crippen LogP contribution in [0.4, 0.5) is 0 Å². The van der Waals surface area contributed by atoms with Crippen molar-refractivity contribution in [2.75, 3.05) is 7.11 Å². The second kappa shape index (κ2) is 4.74. The number of aromatic nitrogens is 2. The Balaban J connectivity index is 2.01.